The summed E-state index contributed by atoms with van der Waals surface area (Å²) in [5.41, 5.74) is 0. The highest BCUT2D eigenvalue weighted by Crippen LogP contribution is 2.30. The van der Waals surface area contributed by atoms with Crippen molar-refractivity contribution >= 4 is 11.6 Å². The fourth-order valence-electron chi connectivity index (χ4n) is 2.19. The van der Waals surface area contributed by atoms with Crippen LogP contribution in [0.2, 0.25) is 0 Å². The standard InChI is InChI=1S/C14H21F3N4/c1-2-7-18-11-9-12(19-8-6-10-4-3-5-10)21-13(20-11)14(15,16)17/h9-10H,2-8H2,1H3,(H2,18,19,20,21). The van der Waals surface area contributed by atoms with E-state index in [0.717, 1.165) is 12.8 Å². The van der Waals surface area contributed by atoms with Crippen LogP contribution in [-0.2, 0) is 6.18 Å². The summed E-state index contributed by atoms with van der Waals surface area (Å²) >= 11 is 0. The summed E-state index contributed by atoms with van der Waals surface area (Å²) < 4.78 is 38.4. The average molecular weight is 302 g/mol. The van der Waals surface area contributed by atoms with E-state index in [0.29, 0.717) is 19.0 Å². The minimum atomic E-state index is -4.53. The predicted octanol–water partition coefficient (Wildman–Crippen LogP) is 3.92. The van der Waals surface area contributed by atoms with Crippen molar-refractivity contribution in [2.45, 2.75) is 45.2 Å². The van der Waals surface area contributed by atoms with Gasteiger partial charge in [0.05, 0.1) is 0 Å². The lowest BCUT2D eigenvalue weighted by Gasteiger charge is -2.25. The van der Waals surface area contributed by atoms with Gasteiger partial charge >= 0.3 is 6.18 Å². The molecule has 7 heteroatoms. The van der Waals surface area contributed by atoms with Gasteiger partial charge in [-0.25, -0.2) is 9.97 Å². The Morgan fingerprint density at radius 1 is 1.14 bits per heavy atom. The van der Waals surface area contributed by atoms with Crippen molar-refractivity contribution in [3.8, 4) is 0 Å². The highest BCUT2D eigenvalue weighted by molar-refractivity contribution is 5.47. The molecular weight excluding hydrogens is 281 g/mol. The molecule has 1 fully saturated rings. The minimum Gasteiger partial charge on any atom is -0.370 e. The Bertz CT molecular complexity index is 458. The van der Waals surface area contributed by atoms with Crippen LogP contribution < -0.4 is 10.6 Å². The molecule has 0 amide bonds. The lowest BCUT2D eigenvalue weighted by atomic mass is 9.83. The third kappa shape index (κ3) is 4.75. The molecule has 1 aliphatic carbocycles. The van der Waals surface area contributed by atoms with Crippen molar-refractivity contribution in [2.75, 3.05) is 23.7 Å². The van der Waals surface area contributed by atoms with Crippen LogP contribution in [-0.4, -0.2) is 23.1 Å². The smallest absolute Gasteiger partial charge is 0.370 e. The van der Waals surface area contributed by atoms with Gasteiger partial charge in [0.25, 0.3) is 0 Å². The second-order valence-electron chi connectivity index (χ2n) is 5.40. The molecule has 1 aromatic rings. The number of halogens is 3. The molecule has 0 radical (unpaired) electrons. The minimum absolute atomic E-state index is 0.213. The molecule has 2 rings (SSSR count). The molecule has 1 heterocycles. The van der Waals surface area contributed by atoms with Crippen molar-refractivity contribution in [2.24, 2.45) is 5.92 Å². The Labute approximate surface area is 122 Å². The maximum atomic E-state index is 12.8. The molecule has 1 aliphatic rings. The fraction of sp³-hybridized carbons (Fsp3) is 0.714. The van der Waals surface area contributed by atoms with Crippen LogP contribution in [0.3, 0.4) is 0 Å². The number of rotatable bonds is 7. The fourth-order valence-corrected chi connectivity index (χ4v) is 2.19. The molecule has 0 atom stereocenters. The van der Waals surface area contributed by atoms with E-state index in [-0.39, 0.29) is 11.6 Å². The van der Waals surface area contributed by atoms with Crippen molar-refractivity contribution in [3.63, 3.8) is 0 Å². The second-order valence-corrected chi connectivity index (χ2v) is 5.40. The Hall–Kier alpha value is -1.53. The van der Waals surface area contributed by atoms with Gasteiger partial charge in [-0.1, -0.05) is 26.2 Å². The zero-order valence-electron chi connectivity index (χ0n) is 12.1. The summed E-state index contributed by atoms with van der Waals surface area (Å²) in [5.74, 6) is 0.0504. The molecule has 1 saturated carbocycles. The van der Waals surface area contributed by atoms with Gasteiger partial charge < -0.3 is 10.6 Å². The van der Waals surface area contributed by atoms with Gasteiger partial charge in [0.2, 0.25) is 5.82 Å². The molecule has 0 saturated heterocycles. The van der Waals surface area contributed by atoms with Crippen molar-refractivity contribution in [1.82, 2.24) is 9.97 Å². The van der Waals surface area contributed by atoms with Crippen LogP contribution in [0.1, 0.15) is 44.9 Å². The van der Waals surface area contributed by atoms with Crippen LogP contribution >= 0.6 is 0 Å². The first kappa shape index (κ1) is 15.9. The Morgan fingerprint density at radius 3 is 2.24 bits per heavy atom. The van der Waals surface area contributed by atoms with Crippen LogP contribution in [0.4, 0.5) is 24.8 Å². The summed E-state index contributed by atoms with van der Waals surface area (Å²) in [6, 6.07) is 1.53. The third-order valence-electron chi connectivity index (χ3n) is 3.62. The summed E-state index contributed by atoms with van der Waals surface area (Å²) in [6.45, 7) is 3.17. The molecule has 0 aliphatic heterocycles. The van der Waals surface area contributed by atoms with Crippen LogP contribution in [0.5, 0.6) is 0 Å². The summed E-state index contributed by atoms with van der Waals surface area (Å²) in [6.07, 6.45) is 0.972. The van der Waals surface area contributed by atoms with Gasteiger partial charge in [0, 0.05) is 19.2 Å². The Balaban J connectivity index is 2.02. The lowest BCUT2D eigenvalue weighted by molar-refractivity contribution is -0.144. The van der Waals surface area contributed by atoms with Gasteiger partial charge in [0.1, 0.15) is 11.6 Å². The highest BCUT2D eigenvalue weighted by atomic mass is 19.4. The topological polar surface area (TPSA) is 49.8 Å². The number of anilines is 2. The molecule has 0 unspecified atom stereocenters. The Morgan fingerprint density at radius 2 is 1.76 bits per heavy atom. The summed E-state index contributed by atoms with van der Waals surface area (Å²) in [7, 11) is 0. The highest BCUT2D eigenvalue weighted by Gasteiger charge is 2.35. The first-order chi connectivity index (χ1) is 9.99. The predicted molar refractivity (Wildman–Crippen MR) is 76.3 cm³/mol. The van der Waals surface area contributed by atoms with E-state index in [1.54, 1.807) is 0 Å². The largest absolute Gasteiger partial charge is 0.451 e. The quantitative estimate of drug-likeness (QED) is 0.801. The van der Waals surface area contributed by atoms with Crippen molar-refractivity contribution < 1.29 is 13.2 Å². The normalized spacial score (nSPS) is 15.6. The molecule has 118 valence electrons. The number of aromatic nitrogens is 2. The number of nitrogens with one attached hydrogen (secondary N) is 2. The number of alkyl halides is 3. The lowest BCUT2D eigenvalue weighted by Crippen LogP contribution is -2.18. The average Bonchev–Trinajstić information content (AvgIpc) is 2.38. The van der Waals surface area contributed by atoms with E-state index in [4.69, 9.17) is 0 Å². The summed E-state index contributed by atoms with van der Waals surface area (Å²) in [4.78, 5) is 7.09. The van der Waals surface area contributed by atoms with E-state index < -0.39 is 12.0 Å². The van der Waals surface area contributed by atoms with Gasteiger partial charge in [0.15, 0.2) is 0 Å². The first-order valence-electron chi connectivity index (χ1n) is 7.43. The Kier molecular flexibility index (Phi) is 5.25. The molecule has 0 spiro atoms. The number of hydrogen-bond donors (Lipinski definition) is 2. The molecule has 0 bridgehead atoms. The second kappa shape index (κ2) is 6.95. The van der Waals surface area contributed by atoms with Gasteiger partial charge in [-0.15, -0.1) is 0 Å². The van der Waals surface area contributed by atoms with E-state index in [1.807, 2.05) is 6.92 Å². The SMILES string of the molecule is CCCNc1cc(NCCC2CCC2)nc(C(F)(F)F)n1. The van der Waals surface area contributed by atoms with Crippen LogP contribution in [0.25, 0.3) is 0 Å². The van der Waals surface area contributed by atoms with Gasteiger partial charge in [-0.2, -0.15) is 13.2 Å². The van der Waals surface area contributed by atoms with E-state index in [2.05, 4.69) is 20.6 Å². The molecule has 2 N–H and O–H groups in total. The molecular formula is C14H21F3N4. The number of hydrogen-bond acceptors (Lipinski definition) is 4. The molecule has 1 aromatic heterocycles. The number of nitrogens with zero attached hydrogens (tertiary/aromatic N) is 2. The van der Waals surface area contributed by atoms with Gasteiger partial charge in [-0.3, -0.25) is 0 Å². The van der Waals surface area contributed by atoms with Crippen molar-refractivity contribution in [1.29, 1.82) is 0 Å². The molecule has 4 nitrogen and oxygen atoms in total. The van der Waals surface area contributed by atoms with E-state index >= 15 is 0 Å². The zero-order valence-corrected chi connectivity index (χ0v) is 12.1. The first-order valence-corrected chi connectivity index (χ1v) is 7.43. The van der Waals surface area contributed by atoms with Crippen LogP contribution in [0, 0.1) is 5.92 Å². The molecule has 21 heavy (non-hydrogen) atoms. The summed E-state index contributed by atoms with van der Waals surface area (Å²) in [5, 5.41) is 5.86. The van der Waals surface area contributed by atoms with Crippen LogP contribution in [0.15, 0.2) is 6.07 Å². The molecule has 0 aromatic carbocycles. The maximum Gasteiger partial charge on any atom is 0.451 e. The maximum absolute atomic E-state index is 12.8. The monoisotopic (exact) mass is 302 g/mol. The van der Waals surface area contributed by atoms with E-state index in [9.17, 15) is 13.2 Å². The van der Waals surface area contributed by atoms with Gasteiger partial charge in [-0.05, 0) is 18.8 Å². The van der Waals surface area contributed by atoms with E-state index in [1.165, 1.54) is 25.3 Å². The third-order valence-corrected chi connectivity index (χ3v) is 3.62. The van der Waals surface area contributed by atoms with Crippen molar-refractivity contribution in [3.05, 3.63) is 11.9 Å². The zero-order chi connectivity index (χ0) is 15.3.